The zero-order valence-corrected chi connectivity index (χ0v) is 13.5. The summed E-state index contributed by atoms with van der Waals surface area (Å²) in [5.74, 6) is 0.432. The third-order valence-corrected chi connectivity index (χ3v) is 5.77. The van der Waals surface area contributed by atoms with Crippen LogP contribution >= 0.6 is 23.2 Å². The summed E-state index contributed by atoms with van der Waals surface area (Å²) in [5.41, 5.74) is 6.08. The second-order valence-corrected chi connectivity index (χ2v) is 7.59. The first-order valence-electron chi connectivity index (χ1n) is 6.59. The maximum Gasteiger partial charge on any atom is 0.242 e. The lowest BCUT2D eigenvalue weighted by Crippen LogP contribution is -2.27. The Bertz CT molecular complexity index is 605. The molecule has 1 fully saturated rings. The van der Waals surface area contributed by atoms with E-state index in [0.29, 0.717) is 16.5 Å². The van der Waals surface area contributed by atoms with Crippen LogP contribution in [0.5, 0.6) is 0 Å². The molecule has 2 unspecified atom stereocenters. The molecule has 0 amide bonds. The number of nitrogens with one attached hydrogen (secondary N) is 1. The van der Waals surface area contributed by atoms with Gasteiger partial charge in [-0.05, 0) is 36.5 Å². The summed E-state index contributed by atoms with van der Waals surface area (Å²) in [6.45, 7) is 2.23. The van der Waals surface area contributed by atoms with Crippen LogP contribution in [0.25, 0.3) is 0 Å². The van der Waals surface area contributed by atoms with E-state index in [1.54, 1.807) is 6.07 Å². The van der Waals surface area contributed by atoms with Gasteiger partial charge < -0.3 is 5.73 Å². The van der Waals surface area contributed by atoms with E-state index in [1.807, 2.05) is 0 Å². The molecule has 4 nitrogen and oxygen atoms in total. The number of hydrogen-bond acceptors (Lipinski definition) is 3. The fraction of sp³-hybridized carbons (Fsp3) is 0.538. The van der Waals surface area contributed by atoms with E-state index >= 15 is 0 Å². The van der Waals surface area contributed by atoms with Crippen molar-refractivity contribution in [1.82, 2.24) is 4.72 Å². The standard InChI is InChI=1S/C13H18Cl2N2O2S/c1-2-3-8-5-11(8)17-20(18,19)12-6-10(14)4-9(7-16)13(12)15/h4,6,8,11,17H,2-3,5,7,16H2,1H3. The van der Waals surface area contributed by atoms with Crippen molar-refractivity contribution in [2.75, 3.05) is 0 Å². The van der Waals surface area contributed by atoms with Crippen molar-refractivity contribution in [1.29, 1.82) is 0 Å². The van der Waals surface area contributed by atoms with Crippen LogP contribution in [0.2, 0.25) is 10.0 Å². The Labute approximate surface area is 129 Å². The van der Waals surface area contributed by atoms with Gasteiger partial charge in [0.1, 0.15) is 4.90 Å². The van der Waals surface area contributed by atoms with Crippen LogP contribution in [0, 0.1) is 5.92 Å². The maximum absolute atomic E-state index is 12.4. The van der Waals surface area contributed by atoms with Gasteiger partial charge in [0.05, 0.1) is 5.02 Å². The van der Waals surface area contributed by atoms with Gasteiger partial charge in [0.2, 0.25) is 10.0 Å². The van der Waals surface area contributed by atoms with Crippen molar-refractivity contribution >= 4 is 33.2 Å². The average Bonchev–Trinajstić information content (AvgIpc) is 3.09. The van der Waals surface area contributed by atoms with Gasteiger partial charge in [0, 0.05) is 17.6 Å². The minimum absolute atomic E-state index is 0.00858. The molecule has 0 heterocycles. The predicted molar refractivity (Wildman–Crippen MR) is 81.5 cm³/mol. The Balaban J connectivity index is 2.24. The monoisotopic (exact) mass is 336 g/mol. The van der Waals surface area contributed by atoms with Crippen LogP contribution in [0.1, 0.15) is 31.7 Å². The van der Waals surface area contributed by atoms with E-state index in [4.69, 9.17) is 28.9 Å². The largest absolute Gasteiger partial charge is 0.326 e. The number of halogens is 2. The molecule has 20 heavy (non-hydrogen) atoms. The molecule has 7 heteroatoms. The van der Waals surface area contributed by atoms with Crippen molar-refractivity contribution in [2.24, 2.45) is 11.7 Å². The highest BCUT2D eigenvalue weighted by Gasteiger charge is 2.39. The normalized spacial score (nSPS) is 22.0. The number of sulfonamides is 1. The molecule has 0 spiro atoms. The summed E-state index contributed by atoms with van der Waals surface area (Å²) in [7, 11) is -3.66. The van der Waals surface area contributed by atoms with Crippen LogP contribution in [0.4, 0.5) is 0 Å². The maximum atomic E-state index is 12.4. The summed E-state index contributed by atoms with van der Waals surface area (Å²) >= 11 is 12.0. The first-order chi connectivity index (χ1) is 9.39. The molecule has 1 saturated carbocycles. The second-order valence-electron chi connectivity index (χ2n) is 5.09. The Morgan fingerprint density at radius 1 is 1.40 bits per heavy atom. The molecule has 0 aromatic heterocycles. The molecule has 2 rings (SSSR count). The first-order valence-corrected chi connectivity index (χ1v) is 8.83. The van der Waals surface area contributed by atoms with Gasteiger partial charge in [-0.3, -0.25) is 0 Å². The summed E-state index contributed by atoms with van der Waals surface area (Å²) in [6.07, 6.45) is 2.97. The van der Waals surface area contributed by atoms with Crippen LogP contribution in [-0.4, -0.2) is 14.5 Å². The molecule has 1 aliphatic carbocycles. The highest BCUT2D eigenvalue weighted by molar-refractivity contribution is 7.89. The summed E-state index contributed by atoms with van der Waals surface area (Å²) < 4.78 is 27.4. The number of hydrogen-bond donors (Lipinski definition) is 2. The lowest BCUT2D eigenvalue weighted by Gasteiger charge is -2.11. The van der Waals surface area contributed by atoms with E-state index in [9.17, 15) is 8.42 Å². The Kier molecular flexibility index (Phi) is 4.97. The summed E-state index contributed by atoms with van der Waals surface area (Å²) in [5, 5.41) is 0.466. The molecule has 2 atom stereocenters. The molecular weight excluding hydrogens is 319 g/mol. The van der Waals surface area contributed by atoms with Crippen molar-refractivity contribution in [3.63, 3.8) is 0 Å². The fourth-order valence-electron chi connectivity index (χ4n) is 2.31. The van der Waals surface area contributed by atoms with Crippen LogP contribution < -0.4 is 10.5 Å². The van der Waals surface area contributed by atoms with Gasteiger partial charge in [0.15, 0.2) is 0 Å². The van der Waals surface area contributed by atoms with E-state index in [-0.39, 0.29) is 22.5 Å². The fourth-order valence-corrected chi connectivity index (χ4v) is 4.57. The summed E-state index contributed by atoms with van der Waals surface area (Å²) in [4.78, 5) is 0.00858. The van der Waals surface area contributed by atoms with E-state index < -0.39 is 10.0 Å². The van der Waals surface area contributed by atoms with Gasteiger partial charge in [-0.15, -0.1) is 0 Å². The van der Waals surface area contributed by atoms with E-state index in [0.717, 1.165) is 19.3 Å². The van der Waals surface area contributed by atoms with Crippen molar-refractivity contribution in [3.05, 3.63) is 27.7 Å². The predicted octanol–water partition coefficient (Wildman–Crippen LogP) is 2.92. The molecule has 3 N–H and O–H groups in total. The third kappa shape index (κ3) is 3.46. The number of nitrogens with two attached hydrogens (primary N) is 1. The molecule has 1 aliphatic rings. The molecule has 1 aromatic carbocycles. The molecule has 0 radical (unpaired) electrons. The minimum atomic E-state index is -3.66. The average molecular weight is 337 g/mol. The molecular formula is C13H18Cl2N2O2S. The molecule has 0 aliphatic heterocycles. The lowest BCUT2D eigenvalue weighted by molar-refractivity contribution is 0.573. The van der Waals surface area contributed by atoms with Crippen LogP contribution in [0.15, 0.2) is 17.0 Å². The Hall–Kier alpha value is -0.330. The lowest BCUT2D eigenvalue weighted by atomic mass is 10.2. The van der Waals surface area contributed by atoms with Gasteiger partial charge in [0.25, 0.3) is 0 Å². The van der Waals surface area contributed by atoms with Gasteiger partial charge in [-0.2, -0.15) is 0 Å². The first kappa shape index (κ1) is 16.0. The summed E-state index contributed by atoms with van der Waals surface area (Å²) in [6, 6.07) is 2.96. The highest BCUT2D eigenvalue weighted by Crippen LogP contribution is 2.37. The zero-order chi connectivity index (χ0) is 14.9. The number of rotatable bonds is 6. The third-order valence-electron chi connectivity index (χ3n) is 3.48. The minimum Gasteiger partial charge on any atom is -0.326 e. The van der Waals surface area contributed by atoms with Crippen molar-refractivity contribution < 1.29 is 8.42 Å². The Morgan fingerprint density at radius 2 is 2.10 bits per heavy atom. The van der Waals surface area contributed by atoms with E-state index in [2.05, 4.69) is 11.6 Å². The number of benzene rings is 1. The van der Waals surface area contributed by atoms with Crippen LogP contribution in [-0.2, 0) is 16.6 Å². The Morgan fingerprint density at radius 3 is 2.70 bits per heavy atom. The van der Waals surface area contributed by atoms with E-state index in [1.165, 1.54) is 6.07 Å². The quantitative estimate of drug-likeness (QED) is 0.838. The molecule has 0 bridgehead atoms. The topological polar surface area (TPSA) is 72.2 Å². The second kappa shape index (κ2) is 6.20. The molecule has 0 saturated heterocycles. The van der Waals surface area contributed by atoms with Gasteiger partial charge in [-0.1, -0.05) is 36.5 Å². The molecule has 1 aromatic rings. The van der Waals surface area contributed by atoms with Crippen molar-refractivity contribution in [3.8, 4) is 0 Å². The zero-order valence-electron chi connectivity index (χ0n) is 11.2. The van der Waals surface area contributed by atoms with Gasteiger partial charge >= 0.3 is 0 Å². The van der Waals surface area contributed by atoms with Crippen LogP contribution in [0.3, 0.4) is 0 Å². The highest BCUT2D eigenvalue weighted by atomic mass is 35.5. The van der Waals surface area contributed by atoms with Gasteiger partial charge in [-0.25, -0.2) is 13.1 Å². The molecule has 112 valence electrons. The van der Waals surface area contributed by atoms with Crippen molar-refractivity contribution in [2.45, 2.75) is 43.7 Å². The smallest absolute Gasteiger partial charge is 0.242 e. The SMILES string of the molecule is CCCC1CC1NS(=O)(=O)c1cc(Cl)cc(CN)c1Cl.